The number of hydrogen-bond acceptors (Lipinski definition) is 3. The first-order valence-corrected chi connectivity index (χ1v) is 6.83. The molecule has 106 valence electrons. The predicted molar refractivity (Wildman–Crippen MR) is 76.8 cm³/mol. The molecule has 1 atom stereocenters. The lowest BCUT2D eigenvalue weighted by Crippen LogP contribution is -2.33. The molecular weight excluding hydrogens is 254 g/mol. The fourth-order valence-corrected chi connectivity index (χ4v) is 2.39. The van der Waals surface area contributed by atoms with Crippen molar-refractivity contribution in [2.24, 2.45) is 11.0 Å². The van der Waals surface area contributed by atoms with Gasteiger partial charge in [-0.05, 0) is 17.0 Å². The summed E-state index contributed by atoms with van der Waals surface area (Å²) in [6, 6.07) is 10.2. The molecule has 1 aromatic carbocycles. The average Bonchev–Trinajstić information content (AvgIpc) is 2.83. The first-order chi connectivity index (χ1) is 9.79. The molecule has 1 fully saturated rings. The number of carbonyl (C=O) groups excluding carboxylic acids is 1. The molecule has 1 unspecified atom stereocenters. The Bertz CT molecular complexity index is 484. The Morgan fingerprint density at radius 1 is 1.40 bits per heavy atom. The van der Waals surface area contributed by atoms with E-state index in [2.05, 4.69) is 27.5 Å². The second kappa shape index (κ2) is 7.53. The van der Waals surface area contributed by atoms with Gasteiger partial charge in [0.2, 0.25) is 5.91 Å². The summed E-state index contributed by atoms with van der Waals surface area (Å²) in [4.78, 5) is 16.4. The standard InChI is InChI=1S/C14H19N5O/c15-18-17-10-13-8-14(20)19(11-13)7-6-16-9-12-4-2-1-3-5-12/h1-5,13,16H,6-11H2. The van der Waals surface area contributed by atoms with E-state index >= 15 is 0 Å². The van der Waals surface area contributed by atoms with E-state index in [1.54, 1.807) is 0 Å². The van der Waals surface area contributed by atoms with E-state index in [0.29, 0.717) is 26.1 Å². The fourth-order valence-electron chi connectivity index (χ4n) is 2.39. The number of likely N-dealkylation sites (tertiary alicyclic amines) is 1. The topological polar surface area (TPSA) is 81.1 Å². The highest BCUT2D eigenvalue weighted by atomic mass is 16.2. The van der Waals surface area contributed by atoms with Gasteiger partial charge in [-0.15, -0.1) is 0 Å². The molecular formula is C14H19N5O. The van der Waals surface area contributed by atoms with Gasteiger partial charge in [0, 0.05) is 44.1 Å². The van der Waals surface area contributed by atoms with Gasteiger partial charge in [0.25, 0.3) is 0 Å². The van der Waals surface area contributed by atoms with Crippen molar-refractivity contribution in [2.45, 2.75) is 13.0 Å². The van der Waals surface area contributed by atoms with Crippen LogP contribution in [0.2, 0.25) is 0 Å². The third kappa shape index (κ3) is 4.26. The third-order valence-electron chi connectivity index (χ3n) is 3.43. The molecule has 0 spiro atoms. The van der Waals surface area contributed by atoms with Crippen LogP contribution in [-0.2, 0) is 11.3 Å². The average molecular weight is 273 g/mol. The number of nitrogens with zero attached hydrogens (tertiary/aromatic N) is 4. The van der Waals surface area contributed by atoms with Crippen molar-refractivity contribution < 1.29 is 4.79 Å². The van der Waals surface area contributed by atoms with E-state index in [1.807, 2.05) is 23.1 Å². The monoisotopic (exact) mass is 273 g/mol. The van der Waals surface area contributed by atoms with Gasteiger partial charge in [-0.2, -0.15) is 0 Å². The van der Waals surface area contributed by atoms with Crippen molar-refractivity contribution in [3.8, 4) is 0 Å². The predicted octanol–water partition coefficient (Wildman–Crippen LogP) is 1.94. The van der Waals surface area contributed by atoms with Gasteiger partial charge in [0.15, 0.2) is 0 Å². The normalized spacial score (nSPS) is 18.1. The maximum absolute atomic E-state index is 11.8. The summed E-state index contributed by atoms with van der Waals surface area (Å²) in [6.45, 7) is 3.40. The number of amides is 1. The summed E-state index contributed by atoms with van der Waals surface area (Å²) in [5, 5.41) is 6.88. The molecule has 6 nitrogen and oxygen atoms in total. The van der Waals surface area contributed by atoms with Gasteiger partial charge in [-0.1, -0.05) is 35.4 Å². The summed E-state index contributed by atoms with van der Waals surface area (Å²) in [7, 11) is 0. The van der Waals surface area contributed by atoms with Crippen molar-refractivity contribution in [3.05, 3.63) is 46.3 Å². The zero-order valence-corrected chi connectivity index (χ0v) is 11.4. The molecule has 6 heteroatoms. The Labute approximate surface area is 118 Å². The first kappa shape index (κ1) is 14.4. The molecule has 20 heavy (non-hydrogen) atoms. The molecule has 1 heterocycles. The maximum Gasteiger partial charge on any atom is 0.222 e. The summed E-state index contributed by atoms with van der Waals surface area (Å²) in [6.07, 6.45) is 0.498. The highest BCUT2D eigenvalue weighted by Gasteiger charge is 2.28. The molecule has 1 aliphatic heterocycles. The zero-order chi connectivity index (χ0) is 14.2. The van der Waals surface area contributed by atoms with Crippen LogP contribution < -0.4 is 5.32 Å². The highest BCUT2D eigenvalue weighted by Crippen LogP contribution is 2.17. The van der Waals surface area contributed by atoms with E-state index in [0.717, 1.165) is 13.1 Å². The van der Waals surface area contributed by atoms with Crippen molar-refractivity contribution >= 4 is 5.91 Å². The summed E-state index contributed by atoms with van der Waals surface area (Å²) >= 11 is 0. The van der Waals surface area contributed by atoms with Crippen molar-refractivity contribution in [1.29, 1.82) is 0 Å². The Hall–Kier alpha value is -2.04. The second-order valence-corrected chi connectivity index (χ2v) is 4.99. The van der Waals surface area contributed by atoms with Crippen molar-refractivity contribution in [3.63, 3.8) is 0 Å². The molecule has 0 saturated carbocycles. The van der Waals surface area contributed by atoms with E-state index in [4.69, 9.17) is 5.53 Å². The molecule has 1 aromatic rings. The molecule has 1 saturated heterocycles. The largest absolute Gasteiger partial charge is 0.341 e. The van der Waals surface area contributed by atoms with Crippen LogP contribution in [0.1, 0.15) is 12.0 Å². The number of nitrogens with one attached hydrogen (secondary N) is 1. The molecule has 1 N–H and O–H groups in total. The van der Waals surface area contributed by atoms with Crippen LogP contribution in [0.15, 0.2) is 35.4 Å². The number of hydrogen-bond donors (Lipinski definition) is 1. The molecule has 2 rings (SSSR count). The Kier molecular flexibility index (Phi) is 5.41. The van der Waals surface area contributed by atoms with Crippen LogP contribution in [0.3, 0.4) is 0 Å². The maximum atomic E-state index is 11.8. The van der Waals surface area contributed by atoms with Crippen LogP contribution in [0, 0.1) is 5.92 Å². The Morgan fingerprint density at radius 2 is 2.20 bits per heavy atom. The lowest BCUT2D eigenvalue weighted by molar-refractivity contribution is -0.127. The number of rotatable bonds is 7. The first-order valence-electron chi connectivity index (χ1n) is 6.83. The van der Waals surface area contributed by atoms with Crippen LogP contribution in [0.4, 0.5) is 0 Å². The van der Waals surface area contributed by atoms with Crippen LogP contribution >= 0.6 is 0 Å². The quantitative estimate of drug-likeness (QED) is 0.356. The lowest BCUT2D eigenvalue weighted by atomic mass is 10.1. The molecule has 0 radical (unpaired) electrons. The van der Waals surface area contributed by atoms with Crippen LogP contribution in [0.5, 0.6) is 0 Å². The van der Waals surface area contributed by atoms with E-state index in [1.165, 1.54) is 5.56 Å². The second-order valence-electron chi connectivity index (χ2n) is 4.99. The van der Waals surface area contributed by atoms with Crippen LogP contribution in [0.25, 0.3) is 10.4 Å². The van der Waals surface area contributed by atoms with Crippen molar-refractivity contribution in [1.82, 2.24) is 10.2 Å². The van der Waals surface area contributed by atoms with Crippen molar-refractivity contribution in [2.75, 3.05) is 26.2 Å². The minimum Gasteiger partial charge on any atom is -0.341 e. The Balaban J connectivity index is 1.67. The van der Waals surface area contributed by atoms with Gasteiger partial charge in [-0.3, -0.25) is 4.79 Å². The minimum absolute atomic E-state index is 0.157. The SMILES string of the molecule is [N-]=[N+]=NCC1CC(=O)N(CCNCc2ccccc2)C1. The van der Waals surface area contributed by atoms with E-state index < -0.39 is 0 Å². The zero-order valence-electron chi connectivity index (χ0n) is 11.4. The van der Waals surface area contributed by atoms with Gasteiger partial charge in [-0.25, -0.2) is 0 Å². The molecule has 0 bridgehead atoms. The van der Waals surface area contributed by atoms with Gasteiger partial charge >= 0.3 is 0 Å². The number of azide groups is 1. The smallest absolute Gasteiger partial charge is 0.222 e. The van der Waals surface area contributed by atoms with Gasteiger partial charge < -0.3 is 10.2 Å². The fraction of sp³-hybridized carbons (Fsp3) is 0.500. The summed E-state index contributed by atoms with van der Waals surface area (Å²) < 4.78 is 0. The van der Waals surface area contributed by atoms with Gasteiger partial charge in [0.05, 0.1) is 0 Å². The number of carbonyl (C=O) groups is 1. The molecule has 1 amide bonds. The Morgan fingerprint density at radius 3 is 2.95 bits per heavy atom. The highest BCUT2D eigenvalue weighted by molar-refractivity contribution is 5.78. The summed E-state index contributed by atoms with van der Waals surface area (Å²) in [5.41, 5.74) is 9.53. The lowest BCUT2D eigenvalue weighted by Gasteiger charge is -2.16. The number of benzene rings is 1. The van der Waals surface area contributed by atoms with E-state index in [-0.39, 0.29) is 11.8 Å². The molecule has 1 aliphatic rings. The molecule has 0 aromatic heterocycles. The van der Waals surface area contributed by atoms with E-state index in [9.17, 15) is 4.79 Å². The third-order valence-corrected chi connectivity index (χ3v) is 3.43. The molecule has 0 aliphatic carbocycles. The van der Waals surface area contributed by atoms with Crippen LogP contribution in [-0.4, -0.2) is 37.0 Å². The minimum atomic E-state index is 0.157. The van der Waals surface area contributed by atoms with Gasteiger partial charge in [0.1, 0.15) is 0 Å². The summed E-state index contributed by atoms with van der Waals surface area (Å²) in [5.74, 6) is 0.331.